The number of rotatable bonds is 2. The second-order valence-corrected chi connectivity index (χ2v) is 3.40. The Hall–Kier alpha value is -0.960. The van der Waals surface area contributed by atoms with E-state index in [9.17, 15) is 8.78 Å². The van der Waals surface area contributed by atoms with Crippen LogP contribution in [0.15, 0.2) is 18.2 Å². The number of hydrogen-bond acceptors (Lipinski definition) is 1. The molecule has 13 heavy (non-hydrogen) atoms. The maximum Gasteiger partial charge on any atom is 0.133 e. The van der Waals surface area contributed by atoms with Gasteiger partial charge in [-0.1, -0.05) is 12.1 Å². The standard InChI is InChI=1S/C10H12F2O/c1-10(2,12)9-7(6-13)4-3-5-8(9)11/h3-5,13H,6H2,1-2H3. The van der Waals surface area contributed by atoms with Crippen LogP contribution < -0.4 is 0 Å². The fraction of sp³-hybridized carbons (Fsp3) is 0.400. The lowest BCUT2D eigenvalue weighted by atomic mass is 9.94. The molecule has 0 unspecified atom stereocenters. The molecule has 0 radical (unpaired) electrons. The Balaban J connectivity index is 3.32. The summed E-state index contributed by atoms with van der Waals surface area (Å²) in [6.45, 7) is 2.19. The molecule has 0 fully saturated rings. The van der Waals surface area contributed by atoms with Crippen molar-refractivity contribution in [2.24, 2.45) is 0 Å². The Kier molecular flexibility index (Phi) is 2.66. The lowest BCUT2D eigenvalue weighted by Crippen LogP contribution is -2.15. The van der Waals surface area contributed by atoms with E-state index in [0.717, 1.165) is 0 Å². The van der Waals surface area contributed by atoms with Crippen LogP contribution >= 0.6 is 0 Å². The summed E-state index contributed by atoms with van der Waals surface area (Å²) in [5.41, 5.74) is -1.52. The first kappa shape index (κ1) is 10.1. The molecule has 0 aliphatic heterocycles. The number of hydrogen-bond donors (Lipinski definition) is 1. The fourth-order valence-corrected chi connectivity index (χ4v) is 1.37. The summed E-state index contributed by atoms with van der Waals surface area (Å²) in [6.07, 6.45) is 0. The summed E-state index contributed by atoms with van der Waals surface area (Å²) >= 11 is 0. The summed E-state index contributed by atoms with van der Waals surface area (Å²) in [4.78, 5) is 0. The van der Waals surface area contributed by atoms with Crippen molar-refractivity contribution < 1.29 is 13.9 Å². The molecule has 0 aliphatic carbocycles. The monoisotopic (exact) mass is 186 g/mol. The van der Waals surface area contributed by atoms with Crippen LogP contribution in [-0.4, -0.2) is 5.11 Å². The molecule has 0 saturated heterocycles. The second kappa shape index (κ2) is 3.42. The van der Waals surface area contributed by atoms with Gasteiger partial charge in [-0.05, 0) is 25.5 Å². The van der Waals surface area contributed by atoms with Crippen molar-refractivity contribution in [2.75, 3.05) is 0 Å². The molecule has 3 heteroatoms. The third kappa shape index (κ3) is 2.04. The predicted octanol–water partition coefficient (Wildman–Crippen LogP) is 2.52. The molecule has 0 saturated carbocycles. The first-order valence-electron chi connectivity index (χ1n) is 4.04. The molecule has 0 atom stereocenters. The third-order valence-corrected chi connectivity index (χ3v) is 1.86. The molecule has 0 heterocycles. The zero-order valence-corrected chi connectivity index (χ0v) is 7.64. The number of benzene rings is 1. The first-order chi connectivity index (χ1) is 5.96. The van der Waals surface area contributed by atoms with E-state index < -0.39 is 11.5 Å². The molecule has 1 aromatic carbocycles. The average Bonchev–Trinajstić information content (AvgIpc) is 2.01. The Morgan fingerprint density at radius 1 is 1.38 bits per heavy atom. The topological polar surface area (TPSA) is 20.2 Å². The Bertz CT molecular complexity index is 302. The maximum absolute atomic E-state index is 13.5. The second-order valence-electron chi connectivity index (χ2n) is 3.40. The third-order valence-electron chi connectivity index (χ3n) is 1.86. The highest BCUT2D eigenvalue weighted by molar-refractivity contribution is 5.32. The van der Waals surface area contributed by atoms with E-state index in [4.69, 9.17) is 5.11 Å². The van der Waals surface area contributed by atoms with Gasteiger partial charge in [0.2, 0.25) is 0 Å². The molecule has 0 amide bonds. The summed E-state index contributed by atoms with van der Waals surface area (Å²) in [5, 5.41) is 8.87. The molecule has 1 nitrogen and oxygen atoms in total. The van der Waals surface area contributed by atoms with Crippen LogP contribution in [0.5, 0.6) is 0 Å². The van der Waals surface area contributed by atoms with Gasteiger partial charge in [0, 0.05) is 5.56 Å². The number of halogens is 2. The highest BCUT2D eigenvalue weighted by Crippen LogP contribution is 2.30. The van der Waals surface area contributed by atoms with Crippen LogP contribution in [0.1, 0.15) is 25.0 Å². The molecular formula is C10H12F2O. The minimum Gasteiger partial charge on any atom is -0.392 e. The molecule has 1 rings (SSSR count). The highest BCUT2D eigenvalue weighted by atomic mass is 19.1. The number of aliphatic hydroxyl groups excluding tert-OH is 1. The SMILES string of the molecule is CC(C)(F)c1c(F)cccc1CO. The maximum atomic E-state index is 13.5. The molecule has 0 aromatic heterocycles. The van der Waals surface area contributed by atoms with Crippen LogP contribution in [0.2, 0.25) is 0 Å². The number of aliphatic hydroxyl groups is 1. The normalized spacial score (nSPS) is 11.8. The van der Waals surface area contributed by atoms with Gasteiger partial charge in [-0.15, -0.1) is 0 Å². The fourth-order valence-electron chi connectivity index (χ4n) is 1.37. The van der Waals surface area contributed by atoms with E-state index in [1.165, 1.54) is 32.0 Å². The first-order valence-corrected chi connectivity index (χ1v) is 4.04. The molecule has 72 valence electrons. The largest absolute Gasteiger partial charge is 0.392 e. The van der Waals surface area contributed by atoms with Crippen molar-refractivity contribution in [3.05, 3.63) is 35.1 Å². The van der Waals surface area contributed by atoms with Crippen LogP contribution in [-0.2, 0) is 12.3 Å². The molecule has 0 bridgehead atoms. The van der Waals surface area contributed by atoms with Crippen molar-refractivity contribution in [2.45, 2.75) is 26.1 Å². The van der Waals surface area contributed by atoms with Crippen molar-refractivity contribution in [1.82, 2.24) is 0 Å². The Labute approximate surface area is 76.0 Å². The quantitative estimate of drug-likeness (QED) is 0.752. The van der Waals surface area contributed by atoms with E-state index in [2.05, 4.69) is 0 Å². The van der Waals surface area contributed by atoms with Crippen molar-refractivity contribution in [3.8, 4) is 0 Å². The zero-order chi connectivity index (χ0) is 10.1. The van der Waals surface area contributed by atoms with Gasteiger partial charge in [0.15, 0.2) is 0 Å². The van der Waals surface area contributed by atoms with Gasteiger partial charge in [0.05, 0.1) is 6.61 Å². The molecule has 0 spiro atoms. The lowest BCUT2D eigenvalue weighted by Gasteiger charge is -2.18. The van der Waals surface area contributed by atoms with E-state index in [-0.39, 0.29) is 12.2 Å². The minimum atomic E-state index is -1.76. The summed E-state index contributed by atoms with van der Waals surface area (Å²) < 4.78 is 26.7. The van der Waals surface area contributed by atoms with Crippen LogP contribution in [0.3, 0.4) is 0 Å². The zero-order valence-electron chi connectivity index (χ0n) is 7.64. The van der Waals surface area contributed by atoms with Crippen molar-refractivity contribution >= 4 is 0 Å². The molecule has 1 N–H and O–H groups in total. The van der Waals surface area contributed by atoms with E-state index in [1.54, 1.807) is 0 Å². The van der Waals surface area contributed by atoms with Crippen molar-refractivity contribution in [3.63, 3.8) is 0 Å². The minimum absolute atomic E-state index is 0.0579. The Morgan fingerprint density at radius 3 is 2.38 bits per heavy atom. The number of alkyl halides is 1. The summed E-state index contributed by atoms with van der Waals surface area (Å²) in [6, 6.07) is 4.16. The van der Waals surface area contributed by atoms with Gasteiger partial charge in [-0.2, -0.15) is 0 Å². The van der Waals surface area contributed by atoms with Gasteiger partial charge in [-0.25, -0.2) is 8.78 Å². The highest BCUT2D eigenvalue weighted by Gasteiger charge is 2.25. The predicted molar refractivity (Wildman–Crippen MR) is 46.5 cm³/mol. The van der Waals surface area contributed by atoms with E-state index in [0.29, 0.717) is 5.56 Å². The van der Waals surface area contributed by atoms with E-state index in [1.807, 2.05) is 0 Å². The van der Waals surface area contributed by atoms with Crippen LogP contribution in [0, 0.1) is 5.82 Å². The molecule has 0 aliphatic rings. The van der Waals surface area contributed by atoms with Gasteiger partial charge >= 0.3 is 0 Å². The summed E-state index contributed by atoms with van der Waals surface area (Å²) in [5.74, 6) is -0.612. The van der Waals surface area contributed by atoms with Gasteiger partial charge in [0.1, 0.15) is 11.5 Å². The van der Waals surface area contributed by atoms with E-state index >= 15 is 0 Å². The van der Waals surface area contributed by atoms with Gasteiger partial charge < -0.3 is 5.11 Å². The van der Waals surface area contributed by atoms with Crippen molar-refractivity contribution in [1.29, 1.82) is 0 Å². The van der Waals surface area contributed by atoms with Crippen LogP contribution in [0.4, 0.5) is 8.78 Å². The van der Waals surface area contributed by atoms with Gasteiger partial charge in [0.25, 0.3) is 0 Å². The molecular weight excluding hydrogens is 174 g/mol. The average molecular weight is 186 g/mol. The summed E-state index contributed by atoms with van der Waals surface area (Å²) in [7, 11) is 0. The van der Waals surface area contributed by atoms with Crippen LogP contribution in [0.25, 0.3) is 0 Å². The smallest absolute Gasteiger partial charge is 0.133 e. The Morgan fingerprint density at radius 2 is 2.00 bits per heavy atom. The molecule has 1 aromatic rings. The lowest BCUT2D eigenvalue weighted by molar-refractivity contribution is 0.203. The van der Waals surface area contributed by atoms with Gasteiger partial charge in [-0.3, -0.25) is 0 Å².